The largest absolute Gasteiger partial charge is 0.497 e. The third-order valence-electron chi connectivity index (χ3n) is 5.13. The summed E-state index contributed by atoms with van der Waals surface area (Å²) in [4.78, 5) is 17.8. The predicted octanol–water partition coefficient (Wildman–Crippen LogP) is 4.91. The van der Waals surface area contributed by atoms with Gasteiger partial charge in [-0.3, -0.25) is 4.79 Å². The van der Waals surface area contributed by atoms with E-state index in [-0.39, 0.29) is 17.2 Å². The minimum atomic E-state index is -3.67. The summed E-state index contributed by atoms with van der Waals surface area (Å²) in [6.45, 7) is 2.03. The summed E-state index contributed by atoms with van der Waals surface area (Å²) in [5.41, 5.74) is 3.09. The summed E-state index contributed by atoms with van der Waals surface area (Å²) in [5.74, 6) is 0.522. The van der Waals surface area contributed by atoms with Crippen LogP contribution >= 0.6 is 11.3 Å². The Bertz CT molecular complexity index is 1410. The number of hydrogen-bond acceptors (Lipinski definition) is 7. The summed E-state index contributed by atoms with van der Waals surface area (Å²) in [7, 11) is -2.14. The zero-order valence-electron chi connectivity index (χ0n) is 18.6. The molecule has 0 saturated heterocycles. The molecule has 1 heterocycles. The van der Waals surface area contributed by atoms with Gasteiger partial charge in [-0.25, -0.2) is 18.1 Å². The molecule has 4 aromatic rings. The van der Waals surface area contributed by atoms with E-state index in [9.17, 15) is 13.2 Å². The van der Waals surface area contributed by atoms with Crippen LogP contribution in [0.15, 0.2) is 83.9 Å². The molecule has 174 valence electrons. The number of nitrogens with one attached hydrogen (secondary N) is 2. The molecule has 4 rings (SSSR count). The smallest absolute Gasteiger partial charge is 0.240 e. The molecular weight excluding hydrogens is 470 g/mol. The van der Waals surface area contributed by atoms with Gasteiger partial charge in [0, 0.05) is 17.8 Å². The van der Waals surface area contributed by atoms with Gasteiger partial charge in [-0.05, 0) is 54.4 Å². The molecule has 0 fully saturated rings. The quantitative estimate of drug-likeness (QED) is 0.322. The second kappa shape index (κ2) is 10.2. The second-order valence-electron chi connectivity index (χ2n) is 7.50. The molecule has 0 aliphatic carbocycles. The maximum Gasteiger partial charge on any atom is 0.240 e. The van der Waals surface area contributed by atoms with Gasteiger partial charge in [-0.15, -0.1) is 0 Å². The first-order valence-electron chi connectivity index (χ1n) is 10.4. The van der Waals surface area contributed by atoms with Gasteiger partial charge in [0.15, 0.2) is 5.13 Å². The van der Waals surface area contributed by atoms with Crippen LogP contribution in [0, 0.1) is 6.92 Å². The molecule has 7 nitrogen and oxygen atoms in total. The number of ketones is 1. The van der Waals surface area contributed by atoms with Gasteiger partial charge in [0.25, 0.3) is 0 Å². The molecule has 0 amide bonds. The lowest BCUT2D eigenvalue weighted by atomic mass is 10.0. The number of nitrogens with zero attached hydrogens (tertiary/aromatic N) is 1. The Kier molecular flexibility index (Phi) is 7.06. The molecule has 0 atom stereocenters. The number of hydrogen-bond donors (Lipinski definition) is 2. The maximum absolute atomic E-state index is 12.8. The number of sulfonamides is 1. The van der Waals surface area contributed by atoms with Crippen molar-refractivity contribution in [2.45, 2.75) is 18.4 Å². The summed E-state index contributed by atoms with van der Waals surface area (Å²) < 4.78 is 32.8. The van der Waals surface area contributed by atoms with Crippen LogP contribution in [-0.4, -0.2) is 26.3 Å². The molecule has 0 aliphatic heterocycles. The number of carbonyl (C=O) groups is 1. The van der Waals surface area contributed by atoms with Gasteiger partial charge in [0.05, 0.1) is 23.1 Å². The molecule has 0 radical (unpaired) electrons. The lowest BCUT2D eigenvalue weighted by molar-refractivity contribution is 0.104. The van der Waals surface area contributed by atoms with Gasteiger partial charge in [-0.1, -0.05) is 47.7 Å². The van der Waals surface area contributed by atoms with Crippen molar-refractivity contribution in [1.82, 2.24) is 9.71 Å². The molecular formula is C25H23N3O4S2. The van der Waals surface area contributed by atoms with Crippen LogP contribution in [0.5, 0.6) is 5.75 Å². The van der Waals surface area contributed by atoms with E-state index in [1.807, 2.05) is 49.4 Å². The van der Waals surface area contributed by atoms with Crippen LogP contribution in [-0.2, 0) is 16.6 Å². The molecule has 9 heteroatoms. The molecule has 0 unspecified atom stereocenters. The molecule has 2 N–H and O–H groups in total. The summed E-state index contributed by atoms with van der Waals surface area (Å²) in [6.07, 6.45) is 1.56. The van der Waals surface area contributed by atoms with Crippen LogP contribution in [0.3, 0.4) is 0 Å². The fourth-order valence-electron chi connectivity index (χ4n) is 3.30. The fourth-order valence-corrected chi connectivity index (χ4v) is 5.10. The minimum Gasteiger partial charge on any atom is -0.497 e. The minimum absolute atomic E-state index is 0.0645. The molecule has 0 saturated carbocycles. The van der Waals surface area contributed by atoms with Gasteiger partial charge in [0.2, 0.25) is 15.8 Å². The van der Waals surface area contributed by atoms with Gasteiger partial charge in [-0.2, -0.15) is 0 Å². The number of thiazole rings is 1. The van der Waals surface area contributed by atoms with Crippen molar-refractivity contribution in [2.24, 2.45) is 0 Å². The normalized spacial score (nSPS) is 11.2. The van der Waals surface area contributed by atoms with E-state index in [2.05, 4.69) is 15.0 Å². The number of aryl methyl sites for hydroxylation is 1. The van der Waals surface area contributed by atoms with Crippen molar-refractivity contribution >= 4 is 38.0 Å². The number of rotatable bonds is 9. The van der Waals surface area contributed by atoms with Crippen LogP contribution in [0.25, 0.3) is 0 Å². The summed E-state index contributed by atoms with van der Waals surface area (Å²) in [6, 6.07) is 21.0. The first-order valence-corrected chi connectivity index (χ1v) is 12.7. The average Bonchev–Trinajstić information content (AvgIpc) is 3.31. The number of benzene rings is 3. The van der Waals surface area contributed by atoms with Crippen LogP contribution in [0.1, 0.15) is 26.4 Å². The number of methoxy groups -OCH3 is 1. The van der Waals surface area contributed by atoms with Crippen molar-refractivity contribution in [2.75, 3.05) is 12.4 Å². The highest BCUT2D eigenvalue weighted by molar-refractivity contribution is 7.89. The standard InChI is InChI=1S/C25H23N3O4S2/c1-17-6-3-4-9-22(17)24(29)23-16-26-25(33-23)28-19-8-5-7-18(14-19)15-27-34(30,31)21-12-10-20(32-2)11-13-21/h3-14,16,27H,15H2,1-2H3,(H,26,28). The van der Waals surface area contributed by atoms with Crippen molar-refractivity contribution in [3.63, 3.8) is 0 Å². The Morgan fingerprint density at radius 3 is 2.53 bits per heavy atom. The lowest BCUT2D eigenvalue weighted by Gasteiger charge is -2.09. The van der Waals surface area contributed by atoms with E-state index in [0.717, 1.165) is 16.8 Å². The van der Waals surface area contributed by atoms with E-state index in [1.54, 1.807) is 24.4 Å². The first-order chi connectivity index (χ1) is 16.4. The Hall–Kier alpha value is -3.53. The molecule has 0 spiro atoms. The van der Waals surface area contributed by atoms with Gasteiger partial charge >= 0.3 is 0 Å². The molecule has 1 aromatic heterocycles. The van der Waals surface area contributed by atoms with Crippen molar-refractivity contribution in [3.8, 4) is 5.75 Å². The molecule has 34 heavy (non-hydrogen) atoms. The number of carbonyl (C=O) groups excluding carboxylic acids is 1. The van der Waals surface area contributed by atoms with Crippen molar-refractivity contribution in [1.29, 1.82) is 0 Å². The third-order valence-corrected chi connectivity index (χ3v) is 7.46. The highest BCUT2D eigenvalue weighted by Gasteiger charge is 2.16. The Balaban J connectivity index is 1.42. The molecule has 0 aliphatic rings. The summed E-state index contributed by atoms with van der Waals surface area (Å²) >= 11 is 1.27. The SMILES string of the molecule is COc1ccc(S(=O)(=O)NCc2cccc(Nc3ncc(C(=O)c4ccccc4C)s3)c2)cc1. The monoisotopic (exact) mass is 493 g/mol. The van der Waals surface area contributed by atoms with Gasteiger partial charge < -0.3 is 10.1 Å². The van der Waals surface area contributed by atoms with Crippen molar-refractivity contribution in [3.05, 3.63) is 101 Å². The van der Waals surface area contributed by atoms with E-state index in [0.29, 0.717) is 21.3 Å². The van der Waals surface area contributed by atoms with Crippen LogP contribution in [0.4, 0.5) is 10.8 Å². The topological polar surface area (TPSA) is 97.4 Å². The molecule has 3 aromatic carbocycles. The zero-order chi connectivity index (χ0) is 24.1. The maximum atomic E-state index is 12.8. The summed E-state index contributed by atoms with van der Waals surface area (Å²) in [5, 5.41) is 3.77. The number of ether oxygens (including phenoxy) is 1. The average molecular weight is 494 g/mol. The fraction of sp³-hybridized carbons (Fsp3) is 0.120. The number of anilines is 2. The highest BCUT2D eigenvalue weighted by Crippen LogP contribution is 2.26. The Morgan fingerprint density at radius 1 is 1.03 bits per heavy atom. The van der Waals surface area contributed by atoms with E-state index in [1.165, 1.54) is 30.6 Å². The lowest BCUT2D eigenvalue weighted by Crippen LogP contribution is -2.23. The third kappa shape index (κ3) is 5.51. The first kappa shape index (κ1) is 23.6. The van der Waals surface area contributed by atoms with Gasteiger partial charge in [0.1, 0.15) is 5.75 Å². The number of aromatic nitrogens is 1. The second-order valence-corrected chi connectivity index (χ2v) is 10.3. The van der Waals surface area contributed by atoms with E-state index >= 15 is 0 Å². The van der Waals surface area contributed by atoms with Crippen LogP contribution in [0.2, 0.25) is 0 Å². The highest BCUT2D eigenvalue weighted by atomic mass is 32.2. The zero-order valence-corrected chi connectivity index (χ0v) is 20.2. The predicted molar refractivity (Wildman–Crippen MR) is 133 cm³/mol. The van der Waals surface area contributed by atoms with Crippen LogP contribution < -0.4 is 14.8 Å². The molecule has 0 bridgehead atoms. The van der Waals surface area contributed by atoms with E-state index in [4.69, 9.17) is 4.74 Å². The Morgan fingerprint density at radius 2 is 1.79 bits per heavy atom. The van der Waals surface area contributed by atoms with Crippen molar-refractivity contribution < 1.29 is 17.9 Å². The Labute approximate surface area is 202 Å². The van der Waals surface area contributed by atoms with E-state index < -0.39 is 10.0 Å².